The van der Waals surface area contributed by atoms with Crippen LogP contribution in [0.5, 0.6) is 0 Å². The van der Waals surface area contributed by atoms with Crippen molar-refractivity contribution in [3.63, 3.8) is 0 Å². The summed E-state index contributed by atoms with van der Waals surface area (Å²) in [7, 11) is 0. The highest BCUT2D eigenvalue weighted by atomic mass is 16.5. The summed E-state index contributed by atoms with van der Waals surface area (Å²) in [6, 6.07) is 12.3. The van der Waals surface area contributed by atoms with Gasteiger partial charge in [0, 0.05) is 18.5 Å². The second-order valence-corrected chi connectivity index (χ2v) is 7.78. The Labute approximate surface area is 165 Å². The lowest BCUT2D eigenvalue weighted by Gasteiger charge is -2.23. The van der Waals surface area contributed by atoms with Crippen molar-refractivity contribution in [2.75, 3.05) is 0 Å². The molecule has 4 rings (SSSR count). The molecule has 1 unspecified atom stereocenters. The fourth-order valence-electron chi connectivity index (χ4n) is 3.89. The van der Waals surface area contributed by atoms with Crippen LogP contribution in [0.3, 0.4) is 0 Å². The summed E-state index contributed by atoms with van der Waals surface area (Å²) in [5.41, 5.74) is 6.82. The summed E-state index contributed by atoms with van der Waals surface area (Å²) in [6.45, 7) is 8.83. The fourth-order valence-corrected chi connectivity index (χ4v) is 3.89. The van der Waals surface area contributed by atoms with Crippen LogP contribution in [0.4, 0.5) is 0 Å². The van der Waals surface area contributed by atoms with Gasteiger partial charge in [-0.3, -0.25) is 4.79 Å². The van der Waals surface area contributed by atoms with Gasteiger partial charge in [0.05, 0.1) is 0 Å². The smallest absolute Gasteiger partial charge is 0.249 e. The van der Waals surface area contributed by atoms with E-state index in [2.05, 4.69) is 55.2 Å². The number of rotatable bonds is 4. The molecule has 1 saturated heterocycles. The largest absolute Gasteiger partial charge is 0.337 e. The van der Waals surface area contributed by atoms with Crippen molar-refractivity contribution in [3.8, 4) is 11.4 Å². The maximum absolute atomic E-state index is 12.6. The third kappa shape index (κ3) is 3.44. The summed E-state index contributed by atoms with van der Waals surface area (Å²) in [6.07, 6.45) is 1.22. The Morgan fingerprint density at radius 2 is 1.79 bits per heavy atom. The number of hydrogen-bond acceptors (Lipinski definition) is 4. The molecule has 1 aliphatic heterocycles. The highest BCUT2D eigenvalue weighted by molar-refractivity contribution is 5.79. The van der Waals surface area contributed by atoms with Gasteiger partial charge < -0.3 is 9.42 Å². The van der Waals surface area contributed by atoms with E-state index in [0.717, 1.165) is 16.7 Å². The van der Waals surface area contributed by atoms with E-state index in [0.29, 0.717) is 31.1 Å². The maximum atomic E-state index is 12.6. The molecule has 5 heteroatoms. The lowest BCUT2D eigenvalue weighted by atomic mass is 10.0. The van der Waals surface area contributed by atoms with Gasteiger partial charge >= 0.3 is 0 Å². The van der Waals surface area contributed by atoms with Crippen LogP contribution in [-0.2, 0) is 11.3 Å². The third-order valence-electron chi connectivity index (χ3n) is 5.52. The van der Waals surface area contributed by atoms with Crippen LogP contribution in [0.2, 0.25) is 0 Å². The van der Waals surface area contributed by atoms with Crippen LogP contribution >= 0.6 is 0 Å². The number of benzene rings is 2. The molecule has 28 heavy (non-hydrogen) atoms. The summed E-state index contributed by atoms with van der Waals surface area (Å²) < 4.78 is 5.60. The van der Waals surface area contributed by atoms with Gasteiger partial charge in [0.2, 0.25) is 17.6 Å². The molecule has 1 amide bonds. The zero-order valence-corrected chi connectivity index (χ0v) is 16.8. The minimum Gasteiger partial charge on any atom is -0.337 e. The van der Waals surface area contributed by atoms with E-state index in [1.54, 1.807) is 0 Å². The van der Waals surface area contributed by atoms with E-state index in [9.17, 15) is 4.79 Å². The van der Waals surface area contributed by atoms with Crippen molar-refractivity contribution < 1.29 is 9.32 Å². The Kier molecular flexibility index (Phi) is 4.75. The van der Waals surface area contributed by atoms with Crippen LogP contribution in [0, 0.1) is 27.7 Å². The van der Waals surface area contributed by atoms with Gasteiger partial charge in [0.1, 0.15) is 6.04 Å². The Morgan fingerprint density at radius 1 is 1.04 bits per heavy atom. The standard InChI is InChI=1S/C23H25N3O2/c1-14-6-8-19(17(4)11-14)22-24-23(28-25-22)20-9-10-21(27)26(20)13-18-12-15(2)5-7-16(18)3/h5-8,11-12,20H,9-10,13H2,1-4H3. The molecule has 2 aromatic carbocycles. The summed E-state index contributed by atoms with van der Waals surface area (Å²) >= 11 is 0. The predicted octanol–water partition coefficient (Wildman–Crippen LogP) is 4.83. The van der Waals surface area contributed by atoms with Gasteiger partial charge in [0.15, 0.2) is 0 Å². The van der Waals surface area contributed by atoms with E-state index in [1.807, 2.05) is 24.0 Å². The third-order valence-corrected chi connectivity index (χ3v) is 5.52. The number of carbonyl (C=O) groups is 1. The lowest BCUT2D eigenvalue weighted by molar-refractivity contribution is -0.130. The second kappa shape index (κ2) is 7.23. The normalized spacial score (nSPS) is 16.8. The average Bonchev–Trinajstić information content (AvgIpc) is 3.26. The van der Waals surface area contributed by atoms with Gasteiger partial charge in [-0.25, -0.2) is 0 Å². The topological polar surface area (TPSA) is 59.2 Å². The number of hydrogen-bond donors (Lipinski definition) is 0. The zero-order valence-electron chi connectivity index (χ0n) is 16.8. The monoisotopic (exact) mass is 375 g/mol. The summed E-state index contributed by atoms with van der Waals surface area (Å²) in [5, 5.41) is 4.20. The van der Waals surface area contributed by atoms with Crippen LogP contribution in [0.1, 0.15) is 52.6 Å². The first kappa shape index (κ1) is 18.4. The summed E-state index contributed by atoms with van der Waals surface area (Å²) in [4.78, 5) is 19.1. The molecule has 1 aliphatic rings. The first-order valence-corrected chi connectivity index (χ1v) is 9.69. The van der Waals surface area contributed by atoms with Crippen molar-refractivity contribution >= 4 is 5.91 Å². The van der Waals surface area contributed by atoms with E-state index in [1.165, 1.54) is 16.7 Å². The van der Waals surface area contributed by atoms with E-state index in [-0.39, 0.29) is 11.9 Å². The predicted molar refractivity (Wildman–Crippen MR) is 108 cm³/mol. The molecular formula is C23H25N3O2. The summed E-state index contributed by atoms with van der Waals surface area (Å²) in [5.74, 6) is 1.24. The van der Waals surface area contributed by atoms with Crippen molar-refractivity contribution in [1.82, 2.24) is 15.0 Å². The van der Waals surface area contributed by atoms with Gasteiger partial charge in [-0.05, 0) is 50.8 Å². The first-order valence-electron chi connectivity index (χ1n) is 9.69. The molecular weight excluding hydrogens is 350 g/mol. The van der Waals surface area contributed by atoms with Gasteiger partial charge in [-0.2, -0.15) is 4.98 Å². The SMILES string of the molecule is Cc1ccc(-c2noc(C3CCC(=O)N3Cc3cc(C)ccc3C)n2)c(C)c1. The molecule has 0 saturated carbocycles. The quantitative estimate of drug-likeness (QED) is 0.655. The Bertz CT molecular complexity index is 1040. The highest BCUT2D eigenvalue weighted by Crippen LogP contribution is 2.35. The fraction of sp³-hybridized carbons (Fsp3) is 0.348. The van der Waals surface area contributed by atoms with Crippen LogP contribution in [0.15, 0.2) is 40.9 Å². The second-order valence-electron chi connectivity index (χ2n) is 7.78. The number of aromatic nitrogens is 2. The van der Waals surface area contributed by atoms with Crippen LogP contribution in [-0.4, -0.2) is 20.9 Å². The molecule has 1 fully saturated rings. The van der Waals surface area contributed by atoms with Crippen molar-refractivity contribution in [3.05, 3.63) is 70.1 Å². The lowest BCUT2D eigenvalue weighted by Crippen LogP contribution is -2.27. The molecule has 0 aliphatic carbocycles. The molecule has 0 radical (unpaired) electrons. The first-order chi connectivity index (χ1) is 13.4. The van der Waals surface area contributed by atoms with E-state index >= 15 is 0 Å². The van der Waals surface area contributed by atoms with Gasteiger partial charge in [0.25, 0.3) is 0 Å². The van der Waals surface area contributed by atoms with Crippen molar-refractivity contribution in [2.45, 2.75) is 53.1 Å². The molecule has 0 spiro atoms. The molecule has 1 aromatic heterocycles. The Hall–Kier alpha value is -2.95. The number of likely N-dealkylation sites (tertiary alicyclic amines) is 1. The van der Waals surface area contributed by atoms with Gasteiger partial charge in [-0.15, -0.1) is 0 Å². The average molecular weight is 375 g/mol. The molecule has 5 nitrogen and oxygen atoms in total. The van der Waals surface area contributed by atoms with Crippen LogP contribution < -0.4 is 0 Å². The minimum absolute atomic E-state index is 0.136. The molecule has 3 aromatic rings. The number of amides is 1. The molecule has 144 valence electrons. The Morgan fingerprint density at radius 3 is 2.57 bits per heavy atom. The molecule has 0 N–H and O–H groups in total. The zero-order chi connectivity index (χ0) is 19.8. The maximum Gasteiger partial charge on any atom is 0.249 e. The number of nitrogens with zero attached hydrogens (tertiary/aromatic N) is 3. The number of aryl methyl sites for hydroxylation is 4. The van der Waals surface area contributed by atoms with Gasteiger partial charge in [-0.1, -0.05) is 52.7 Å². The van der Waals surface area contributed by atoms with Crippen molar-refractivity contribution in [1.29, 1.82) is 0 Å². The Balaban J connectivity index is 1.62. The van der Waals surface area contributed by atoms with Crippen molar-refractivity contribution in [2.24, 2.45) is 0 Å². The molecule has 1 atom stereocenters. The van der Waals surface area contributed by atoms with E-state index in [4.69, 9.17) is 4.52 Å². The minimum atomic E-state index is -0.167. The number of carbonyl (C=O) groups excluding carboxylic acids is 1. The highest BCUT2D eigenvalue weighted by Gasteiger charge is 2.36. The van der Waals surface area contributed by atoms with E-state index < -0.39 is 0 Å². The molecule has 2 heterocycles. The van der Waals surface area contributed by atoms with Crippen LogP contribution in [0.25, 0.3) is 11.4 Å². The molecule has 0 bridgehead atoms.